The highest BCUT2D eigenvalue weighted by Crippen LogP contribution is 2.19. The van der Waals surface area contributed by atoms with Crippen LogP contribution >= 0.6 is 0 Å². The lowest BCUT2D eigenvalue weighted by Gasteiger charge is -2.15. The van der Waals surface area contributed by atoms with Crippen LogP contribution in [0.15, 0.2) is 66.1 Å². The minimum atomic E-state index is -3.59. The topological polar surface area (TPSA) is 68.9 Å². The van der Waals surface area contributed by atoms with Gasteiger partial charge in [-0.2, -0.15) is 5.10 Å². The zero-order chi connectivity index (χ0) is 16.4. The largest absolute Gasteiger partial charge is 0.324 e. The summed E-state index contributed by atoms with van der Waals surface area (Å²) >= 11 is 0. The molecule has 7 heteroatoms. The number of nitrogens with one attached hydrogen (secondary N) is 1. The third-order valence-corrected chi connectivity index (χ3v) is 5.09. The minimum Gasteiger partial charge on any atom is -0.324 e. The Morgan fingerprint density at radius 2 is 1.91 bits per heavy atom. The smallest absolute Gasteiger partial charge is 0.244 e. The molecule has 0 aliphatic heterocycles. The van der Waals surface area contributed by atoms with Crippen molar-refractivity contribution in [1.29, 1.82) is 0 Å². The molecule has 0 saturated heterocycles. The van der Waals surface area contributed by atoms with Gasteiger partial charge in [-0.25, -0.2) is 13.1 Å². The molecule has 3 aromatic rings. The fourth-order valence-corrected chi connectivity index (χ4v) is 3.58. The highest BCUT2D eigenvalue weighted by Gasteiger charge is 2.20. The molecular weight excluding hydrogens is 312 g/mol. The van der Waals surface area contributed by atoms with Gasteiger partial charge in [0.2, 0.25) is 10.0 Å². The first kappa shape index (κ1) is 15.5. The van der Waals surface area contributed by atoms with Crippen LogP contribution in [0.4, 0.5) is 0 Å². The number of nitrogens with zero attached hydrogens (tertiary/aromatic N) is 3. The highest BCUT2D eigenvalue weighted by molar-refractivity contribution is 7.89. The molecule has 0 spiro atoms. The van der Waals surface area contributed by atoms with Crippen LogP contribution in [0.25, 0.3) is 5.69 Å². The minimum absolute atomic E-state index is 0.161. The maximum Gasteiger partial charge on any atom is 0.244 e. The first-order chi connectivity index (χ1) is 11.0. The van der Waals surface area contributed by atoms with Crippen molar-refractivity contribution in [3.63, 3.8) is 0 Å². The predicted octanol–water partition coefficient (Wildman–Crippen LogP) is 2.25. The standard InChI is InChI=1S/C16H18N4O2S/c1-13(18-23(21,22)16-11-17-19(2)12-16)14-6-5-7-15(10-14)20-8-3-4-9-20/h3-13,18H,1-2H3/t13-/m1/s1. The van der Waals surface area contributed by atoms with Crippen LogP contribution in [0.3, 0.4) is 0 Å². The fraction of sp³-hybridized carbons (Fsp3) is 0.188. The zero-order valence-corrected chi connectivity index (χ0v) is 13.7. The average Bonchev–Trinajstić information content (AvgIpc) is 3.18. The Morgan fingerprint density at radius 3 is 2.57 bits per heavy atom. The van der Waals surface area contributed by atoms with Gasteiger partial charge >= 0.3 is 0 Å². The van der Waals surface area contributed by atoms with Gasteiger partial charge in [-0.1, -0.05) is 12.1 Å². The molecule has 0 unspecified atom stereocenters. The van der Waals surface area contributed by atoms with E-state index in [1.165, 1.54) is 17.1 Å². The summed E-state index contributed by atoms with van der Waals surface area (Å²) < 4.78 is 30.9. The first-order valence-electron chi connectivity index (χ1n) is 7.20. The van der Waals surface area contributed by atoms with Crippen molar-refractivity contribution in [2.24, 2.45) is 7.05 Å². The molecule has 0 radical (unpaired) electrons. The summed E-state index contributed by atoms with van der Waals surface area (Å²) in [7, 11) is -1.91. The van der Waals surface area contributed by atoms with E-state index in [0.717, 1.165) is 11.3 Å². The number of sulfonamides is 1. The van der Waals surface area contributed by atoms with E-state index in [4.69, 9.17) is 0 Å². The molecule has 0 aliphatic rings. The van der Waals surface area contributed by atoms with E-state index in [0.29, 0.717) is 0 Å². The van der Waals surface area contributed by atoms with Gasteiger partial charge in [-0.3, -0.25) is 4.68 Å². The molecule has 23 heavy (non-hydrogen) atoms. The second-order valence-electron chi connectivity index (χ2n) is 5.38. The lowest BCUT2D eigenvalue weighted by Crippen LogP contribution is -2.26. The van der Waals surface area contributed by atoms with Gasteiger partial charge in [0.25, 0.3) is 0 Å². The molecule has 3 rings (SSSR count). The molecule has 1 N–H and O–H groups in total. The van der Waals surface area contributed by atoms with Crippen LogP contribution in [0, 0.1) is 0 Å². The second-order valence-corrected chi connectivity index (χ2v) is 7.09. The Hall–Kier alpha value is -2.38. The molecule has 0 amide bonds. The summed E-state index contributed by atoms with van der Waals surface area (Å²) in [5, 5.41) is 3.90. The number of aromatic nitrogens is 3. The summed E-state index contributed by atoms with van der Waals surface area (Å²) in [6, 6.07) is 11.3. The monoisotopic (exact) mass is 330 g/mol. The van der Waals surface area contributed by atoms with Crippen LogP contribution in [0.5, 0.6) is 0 Å². The highest BCUT2D eigenvalue weighted by atomic mass is 32.2. The quantitative estimate of drug-likeness (QED) is 0.780. The van der Waals surface area contributed by atoms with Gasteiger partial charge < -0.3 is 4.57 Å². The van der Waals surface area contributed by atoms with E-state index in [9.17, 15) is 8.42 Å². The molecule has 0 aliphatic carbocycles. The van der Waals surface area contributed by atoms with Gasteiger partial charge in [0.05, 0.1) is 6.20 Å². The molecular formula is C16H18N4O2S. The maximum atomic E-state index is 12.4. The Bertz CT molecular complexity index is 898. The summed E-state index contributed by atoms with van der Waals surface area (Å²) in [4.78, 5) is 0.161. The number of hydrogen-bond donors (Lipinski definition) is 1. The molecule has 2 aromatic heterocycles. The van der Waals surface area contributed by atoms with Crippen LogP contribution in [0.2, 0.25) is 0 Å². The van der Waals surface area contributed by atoms with E-state index in [2.05, 4.69) is 9.82 Å². The SMILES string of the molecule is C[C@@H](NS(=O)(=O)c1cnn(C)c1)c1cccc(-n2cccc2)c1. The summed E-state index contributed by atoms with van der Waals surface area (Å²) in [6.07, 6.45) is 6.71. The van der Waals surface area contributed by atoms with Crippen molar-refractivity contribution in [2.45, 2.75) is 17.9 Å². The van der Waals surface area contributed by atoms with E-state index in [1.54, 1.807) is 7.05 Å². The molecule has 0 saturated carbocycles. The number of rotatable bonds is 5. The fourth-order valence-electron chi connectivity index (χ4n) is 2.37. The van der Waals surface area contributed by atoms with Gasteiger partial charge in [-0.05, 0) is 36.8 Å². The Morgan fingerprint density at radius 1 is 1.17 bits per heavy atom. The Balaban J connectivity index is 1.83. The Labute approximate surface area is 135 Å². The number of benzene rings is 1. The second kappa shape index (κ2) is 6.02. The first-order valence-corrected chi connectivity index (χ1v) is 8.68. The number of hydrogen-bond acceptors (Lipinski definition) is 3. The third-order valence-electron chi connectivity index (χ3n) is 3.60. The lowest BCUT2D eigenvalue weighted by atomic mass is 10.1. The number of aryl methyl sites for hydroxylation is 1. The summed E-state index contributed by atoms with van der Waals surface area (Å²) in [5.74, 6) is 0. The van der Waals surface area contributed by atoms with Gasteiger partial charge in [-0.15, -0.1) is 0 Å². The van der Waals surface area contributed by atoms with Gasteiger partial charge in [0, 0.05) is 37.4 Å². The van der Waals surface area contributed by atoms with E-state index >= 15 is 0 Å². The van der Waals surface area contributed by atoms with Crippen LogP contribution < -0.4 is 4.72 Å². The van der Waals surface area contributed by atoms with Crippen molar-refractivity contribution >= 4 is 10.0 Å². The lowest BCUT2D eigenvalue weighted by molar-refractivity contribution is 0.566. The third kappa shape index (κ3) is 3.35. The molecule has 2 heterocycles. The normalized spacial score (nSPS) is 13.1. The van der Waals surface area contributed by atoms with E-state index < -0.39 is 10.0 Å². The molecule has 120 valence electrons. The Kier molecular flexibility index (Phi) is 4.06. The van der Waals surface area contributed by atoms with Crippen LogP contribution in [-0.2, 0) is 17.1 Å². The summed E-state index contributed by atoms with van der Waals surface area (Å²) in [6.45, 7) is 1.82. The molecule has 0 fully saturated rings. The van der Waals surface area contributed by atoms with E-state index in [-0.39, 0.29) is 10.9 Å². The van der Waals surface area contributed by atoms with Crippen molar-refractivity contribution in [3.8, 4) is 5.69 Å². The molecule has 1 aromatic carbocycles. The van der Waals surface area contributed by atoms with Crippen molar-refractivity contribution in [1.82, 2.24) is 19.1 Å². The van der Waals surface area contributed by atoms with Crippen molar-refractivity contribution in [2.75, 3.05) is 0 Å². The zero-order valence-electron chi connectivity index (χ0n) is 12.9. The maximum absolute atomic E-state index is 12.4. The molecule has 1 atom stereocenters. The van der Waals surface area contributed by atoms with E-state index in [1.807, 2.05) is 60.3 Å². The summed E-state index contributed by atoms with van der Waals surface area (Å²) in [5.41, 5.74) is 1.88. The van der Waals surface area contributed by atoms with Gasteiger partial charge in [0.1, 0.15) is 4.90 Å². The predicted molar refractivity (Wildman–Crippen MR) is 87.7 cm³/mol. The average molecular weight is 330 g/mol. The molecule has 0 bridgehead atoms. The van der Waals surface area contributed by atoms with Gasteiger partial charge in [0.15, 0.2) is 0 Å². The molecule has 6 nitrogen and oxygen atoms in total. The van der Waals surface area contributed by atoms with Crippen LogP contribution in [0.1, 0.15) is 18.5 Å². The van der Waals surface area contributed by atoms with Crippen LogP contribution in [-0.4, -0.2) is 22.8 Å². The van der Waals surface area contributed by atoms with Crippen molar-refractivity contribution < 1.29 is 8.42 Å². The van der Waals surface area contributed by atoms with Crippen molar-refractivity contribution in [3.05, 3.63) is 66.7 Å².